The van der Waals surface area contributed by atoms with Gasteiger partial charge in [-0.15, -0.1) is 0 Å². The normalized spacial score (nSPS) is 12.1. The average Bonchev–Trinajstić information content (AvgIpc) is 2.88. The zero-order valence-corrected chi connectivity index (χ0v) is 11.7. The number of aryl methyl sites for hydroxylation is 1. The summed E-state index contributed by atoms with van der Waals surface area (Å²) in [6, 6.07) is 11.7. The van der Waals surface area contributed by atoms with Gasteiger partial charge in [-0.1, -0.05) is 30.3 Å². The van der Waals surface area contributed by atoms with Crippen LogP contribution < -0.4 is 5.32 Å². The van der Waals surface area contributed by atoms with Crippen molar-refractivity contribution in [2.24, 2.45) is 7.05 Å². The van der Waals surface area contributed by atoms with E-state index >= 15 is 0 Å². The van der Waals surface area contributed by atoms with E-state index in [1.807, 2.05) is 43.4 Å². The van der Waals surface area contributed by atoms with Gasteiger partial charge in [0.25, 0.3) is 0 Å². The SMILES string of the molecule is C[C@H](OCc1ccccc1)C(=O)NCc1ccnn1C. The van der Waals surface area contributed by atoms with Gasteiger partial charge < -0.3 is 10.1 Å². The first-order valence-corrected chi connectivity index (χ1v) is 6.57. The summed E-state index contributed by atoms with van der Waals surface area (Å²) in [7, 11) is 1.84. The first-order valence-electron chi connectivity index (χ1n) is 6.57. The van der Waals surface area contributed by atoms with Gasteiger partial charge >= 0.3 is 0 Å². The molecule has 1 aromatic carbocycles. The van der Waals surface area contributed by atoms with E-state index in [0.29, 0.717) is 13.2 Å². The number of aromatic nitrogens is 2. The quantitative estimate of drug-likeness (QED) is 0.870. The highest BCUT2D eigenvalue weighted by atomic mass is 16.5. The first kappa shape index (κ1) is 14.3. The predicted octanol–water partition coefficient (Wildman–Crippen LogP) is 1.64. The lowest BCUT2D eigenvalue weighted by atomic mass is 10.2. The second-order valence-corrected chi connectivity index (χ2v) is 4.60. The average molecular weight is 273 g/mol. The van der Waals surface area contributed by atoms with Gasteiger partial charge in [-0.2, -0.15) is 5.10 Å². The van der Waals surface area contributed by atoms with E-state index in [9.17, 15) is 4.79 Å². The Morgan fingerprint density at radius 2 is 2.10 bits per heavy atom. The molecule has 0 saturated heterocycles. The Hall–Kier alpha value is -2.14. The van der Waals surface area contributed by atoms with Crippen molar-refractivity contribution < 1.29 is 9.53 Å². The summed E-state index contributed by atoms with van der Waals surface area (Å²) in [6.07, 6.45) is 1.22. The molecule has 5 heteroatoms. The van der Waals surface area contributed by atoms with Crippen LogP contribution in [-0.2, 0) is 29.7 Å². The molecule has 1 aromatic heterocycles. The fourth-order valence-electron chi connectivity index (χ4n) is 1.77. The number of nitrogens with zero attached hydrogens (tertiary/aromatic N) is 2. The van der Waals surface area contributed by atoms with Crippen molar-refractivity contribution in [3.05, 3.63) is 53.9 Å². The van der Waals surface area contributed by atoms with Crippen molar-refractivity contribution in [2.45, 2.75) is 26.2 Å². The molecule has 106 valence electrons. The van der Waals surface area contributed by atoms with Gasteiger partial charge in [0.05, 0.1) is 18.8 Å². The molecule has 1 atom stereocenters. The highest BCUT2D eigenvalue weighted by molar-refractivity contribution is 5.80. The molecule has 5 nitrogen and oxygen atoms in total. The molecule has 0 aliphatic carbocycles. The molecule has 0 unspecified atom stereocenters. The molecule has 0 fully saturated rings. The van der Waals surface area contributed by atoms with E-state index in [1.54, 1.807) is 17.8 Å². The number of hydrogen-bond acceptors (Lipinski definition) is 3. The molecule has 0 radical (unpaired) electrons. The van der Waals surface area contributed by atoms with Crippen LogP contribution in [0, 0.1) is 0 Å². The van der Waals surface area contributed by atoms with Gasteiger partial charge in [0.2, 0.25) is 5.91 Å². The van der Waals surface area contributed by atoms with Crippen molar-refractivity contribution >= 4 is 5.91 Å². The molecular weight excluding hydrogens is 254 g/mol. The lowest BCUT2D eigenvalue weighted by Crippen LogP contribution is -2.34. The molecule has 0 spiro atoms. The Balaban J connectivity index is 1.76. The molecule has 1 heterocycles. The van der Waals surface area contributed by atoms with Crippen LogP contribution in [0.3, 0.4) is 0 Å². The van der Waals surface area contributed by atoms with Gasteiger partial charge in [0.1, 0.15) is 6.10 Å². The topological polar surface area (TPSA) is 56.1 Å². The zero-order valence-electron chi connectivity index (χ0n) is 11.7. The number of hydrogen-bond donors (Lipinski definition) is 1. The Kier molecular flexibility index (Phi) is 4.90. The van der Waals surface area contributed by atoms with Gasteiger partial charge in [-0.3, -0.25) is 9.48 Å². The Bertz CT molecular complexity index is 551. The Morgan fingerprint density at radius 1 is 1.35 bits per heavy atom. The maximum Gasteiger partial charge on any atom is 0.249 e. The lowest BCUT2D eigenvalue weighted by molar-refractivity contribution is -0.132. The maximum absolute atomic E-state index is 11.9. The molecule has 0 aliphatic heterocycles. The maximum atomic E-state index is 11.9. The van der Waals surface area contributed by atoms with E-state index in [1.165, 1.54) is 0 Å². The molecule has 0 aliphatic rings. The summed E-state index contributed by atoms with van der Waals surface area (Å²) in [4.78, 5) is 11.9. The molecular formula is C15H19N3O2. The second kappa shape index (κ2) is 6.86. The van der Waals surface area contributed by atoms with Crippen molar-refractivity contribution in [1.82, 2.24) is 15.1 Å². The van der Waals surface area contributed by atoms with Gasteiger partial charge in [0.15, 0.2) is 0 Å². The summed E-state index contributed by atoms with van der Waals surface area (Å²) in [6.45, 7) is 2.64. The molecule has 20 heavy (non-hydrogen) atoms. The number of carbonyl (C=O) groups is 1. The van der Waals surface area contributed by atoms with Crippen LogP contribution >= 0.6 is 0 Å². The summed E-state index contributed by atoms with van der Waals surface area (Å²) in [5.41, 5.74) is 2.01. The smallest absolute Gasteiger partial charge is 0.249 e. The van der Waals surface area contributed by atoms with E-state index in [2.05, 4.69) is 10.4 Å². The number of benzene rings is 1. The highest BCUT2D eigenvalue weighted by Gasteiger charge is 2.13. The minimum atomic E-state index is -0.483. The van der Waals surface area contributed by atoms with Crippen LogP contribution in [-0.4, -0.2) is 21.8 Å². The second-order valence-electron chi connectivity index (χ2n) is 4.60. The zero-order chi connectivity index (χ0) is 14.4. The standard InChI is InChI=1S/C15H19N3O2/c1-12(20-11-13-6-4-3-5-7-13)15(19)16-10-14-8-9-17-18(14)2/h3-9,12H,10-11H2,1-2H3,(H,16,19)/t12-/m0/s1. The number of ether oxygens (including phenoxy) is 1. The third-order valence-electron chi connectivity index (χ3n) is 3.08. The fourth-order valence-corrected chi connectivity index (χ4v) is 1.77. The molecule has 2 aromatic rings. The number of amides is 1. The monoisotopic (exact) mass is 273 g/mol. The highest BCUT2D eigenvalue weighted by Crippen LogP contribution is 2.04. The van der Waals surface area contributed by atoms with Crippen molar-refractivity contribution in [3.8, 4) is 0 Å². The summed E-state index contributed by atoms with van der Waals surface area (Å²) in [5.74, 6) is -0.123. The van der Waals surface area contributed by atoms with E-state index in [-0.39, 0.29) is 5.91 Å². The fraction of sp³-hybridized carbons (Fsp3) is 0.333. The van der Waals surface area contributed by atoms with Crippen LogP contribution in [0.5, 0.6) is 0 Å². The van der Waals surface area contributed by atoms with Gasteiger partial charge in [-0.05, 0) is 18.6 Å². The third kappa shape index (κ3) is 3.93. The van der Waals surface area contributed by atoms with Crippen molar-refractivity contribution in [3.63, 3.8) is 0 Å². The van der Waals surface area contributed by atoms with Crippen molar-refractivity contribution in [1.29, 1.82) is 0 Å². The summed E-state index contributed by atoms with van der Waals surface area (Å²) >= 11 is 0. The van der Waals surface area contributed by atoms with Crippen LogP contribution in [0.1, 0.15) is 18.2 Å². The minimum Gasteiger partial charge on any atom is -0.364 e. The summed E-state index contributed by atoms with van der Waals surface area (Å²) in [5, 5.41) is 6.89. The van der Waals surface area contributed by atoms with E-state index < -0.39 is 6.10 Å². The van der Waals surface area contributed by atoms with E-state index in [0.717, 1.165) is 11.3 Å². The van der Waals surface area contributed by atoms with Crippen LogP contribution in [0.15, 0.2) is 42.6 Å². The number of rotatable bonds is 6. The van der Waals surface area contributed by atoms with Crippen LogP contribution in [0.2, 0.25) is 0 Å². The third-order valence-corrected chi connectivity index (χ3v) is 3.08. The van der Waals surface area contributed by atoms with E-state index in [4.69, 9.17) is 4.74 Å². The number of nitrogens with one attached hydrogen (secondary N) is 1. The molecule has 1 amide bonds. The lowest BCUT2D eigenvalue weighted by Gasteiger charge is -2.13. The van der Waals surface area contributed by atoms with Crippen LogP contribution in [0.25, 0.3) is 0 Å². The minimum absolute atomic E-state index is 0.123. The number of carbonyl (C=O) groups excluding carboxylic acids is 1. The first-order chi connectivity index (χ1) is 9.66. The molecule has 0 saturated carbocycles. The Morgan fingerprint density at radius 3 is 2.75 bits per heavy atom. The molecule has 2 rings (SSSR count). The van der Waals surface area contributed by atoms with Crippen molar-refractivity contribution in [2.75, 3.05) is 0 Å². The van der Waals surface area contributed by atoms with Crippen LogP contribution in [0.4, 0.5) is 0 Å². The summed E-state index contributed by atoms with van der Waals surface area (Å²) < 4.78 is 7.29. The molecule has 0 bridgehead atoms. The molecule has 1 N–H and O–H groups in total. The van der Waals surface area contributed by atoms with Gasteiger partial charge in [-0.25, -0.2) is 0 Å². The Labute approximate surface area is 118 Å². The predicted molar refractivity (Wildman–Crippen MR) is 75.7 cm³/mol. The largest absolute Gasteiger partial charge is 0.364 e. The van der Waals surface area contributed by atoms with Gasteiger partial charge in [0, 0.05) is 13.2 Å².